The molecular formula is C21H28N4O. The van der Waals surface area contributed by atoms with E-state index in [1.807, 2.05) is 16.9 Å². The first kappa shape index (κ1) is 17.3. The third-order valence-electron chi connectivity index (χ3n) is 5.86. The lowest BCUT2D eigenvalue weighted by Gasteiger charge is -2.40. The SMILES string of the molecule is O=C(NCC1CC1)C1(n2cccn2)CCN(CCc2ccccc2)CC1. The molecule has 5 nitrogen and oxygen atoms in total. The van der Waals surface area contributed by atoms with E-state index in [1.165, 1.54) is 18.4 Å². The van der Waals surface area contributed by atoms with Gasteiger partial charge >= 0.3 is 0 Å². The van der Waals surface area contributed by atoms with Crippen LogP contribution in [0.4, 0.5) is 0 Å². The number of nitrogens with zero attached hydrogens (tertiary/aromatic N) is 3. The van der Waals surface area contributed by atoms with Crippen molar-refractivity contribution in [2.75, 3.05) is 26.2 Å². The second-order valence-electron chi connectivity index (χ2n) is 7.71. The highest BCUT2D eigenvalue weighted by Gasteiger charge is 2.43. The van der Waals surface area contributed by atoms with Gasteiger partial charge in [0.1, 0.15) is 5.54 Å². The number of hydrogen-bond acceptors (Lipinski definition) is 3. The molecule has 2 aliphatic rings. The summed E-state index contributed by atoms with van der Waals surface area (Å²) in [7, 11) is 0. The predicted molar refractivity (Wildman–Crippen MR) is 102 cm³/mol. The Morgan fingerprint density at radius 3 is 2.58 bits per heavy atom. The number of piperidine rings is 1. The van der Waals surface area contributed by atoms with Crippen molar-refractivity contribution in [1.29, 1.82) is 0 Å². The monoisotopic (exact) mass is 352 g/mol. The maximum Gasteiger partial charge on any atom is 0.248 e. The zero-order valence-electron chi connectivity index (χ0n) is 15.3. The molecule has 0 bridgehead atoms. The summed E-state index contributed by atoms with van der Waals surface area (Å²) < 4.78 is 1.89. The van der Waals surface area contributed by atoms with Crippen molar-refractivity contribution in [2.45, 2.75) is 37.6 Å². The molecular weight excluding hydrogens is 324 g/mol. The Morgan fingerprint density at radius 1 is 1.15 bits per heavy atom. The first-order chi connectivity index (χ1) is 12.8. The van der Waals surface area contributed by atoms with Crippen molar-refractivity contribution < 1.29 is 4.79 Å². The number of rotatable bonds is 7. The molecule has 5 heteroatoms. The van der Waals surface area contributed by atoms with E-state index in [4.69, 9.17) is 0 Å². The lowest BCUT2D eigenvalue weighted by atomic mass is 9.86. The molecule has 1 aromatic heterocycles. The van der Waals surface area contributed by atoms with Crippen molar-refractivity contribution in [3.05, 3.63) is 54.4 Å². The largest absolute Gasteiger partial charge is 0.354 e. The first-order valence-electron chi connectivity index (χ1n) is 9.81. The number of carbonyl (C=O) groups excluding carboxylic acids is 1. The van der Waals surface area contributed by atoms with Gasteiger partial charge in [-0.1, -0.05) is 30.3 Å². The van der Waals surface area contributed by atoms with Crippen LogP contribution in [0, 0.1) is 5.92 Å². The molecule has 0 spiro atoms. The summed E-state index contributed by atoms with van der Waals surface area (Å²) in [5, 5.41) is 7.63. The summed E-state index contributed by atoms with van der Waals surface area (Å²) in [6.07, 6.45) is 8.92. The highest BCUT2D eigenvalue weighted by Crippen LogP contribution is 2.32. The minimum atomic E-state index is -0.526. The molecule has 0 radical (unpaired) electrons. The van der Waals surface area contributed by atoms with Gasteiger partial charge in [0.2, 0.25) is 5.91 Å². The van der Waals surface area contributed by atoms with E-state index in [0.29, 0.717) is 5.92 Å². The molecule has 1 saturated carbocycles. The van der Waals surface area contributed by atoms with Crippen LogP contribution >= 0.6 is 0 Å². The fourth-order valence-electron chi connectivity index (χ4n) is 3.88. The van der Waals surface area contributed by atoms with Gasteiger partial charge in [-0.2, -0.15) is 5.10 Å². The zero-order chi connectivity index (χ0) is 17.8. The zero-order valence-corrected chi connectivity index (χ0v) is 15.3. The Kier molecular flexibility index (Phi) is 5.07. The van der Waals surface area contributed by atoms with Crippen LogP contribution in [0.3, 0.4) is 0 Å². The molecule has 1 amide bonds. The maximum atomic E-state index is 13.0. The summed E-state index contributed by atoms with van der Waals surface area (Å²) in [4.78, 5) is 15.5. The highest BCUT2D eigenvalue weighted by molar-refractivity contribution is 5.84. The fraction of sp³-hybridized carbons (Fsp3) is 0.524. The standard InChI is InChI=1S/C21H28N4O/c26-20(22-17-19-7-8-19)21(25-13-4-12-23-25)10-15-24(16-11-21)14-9-18-5-2-1-3-6-18/h1-6,12-13,19H,7-11,14-17H2,(H,22,26). The molecule has 1 N–H and O–H groups in total. The van der Waals surface area contributed by atoms with E-state index in [2.05, 4.69) is 45.6 Å². The number of benzene rings is 1. The minimum Gasteiger partial charge on any atom is -0.354 e. The van der Waals surface area contributed by atoms with Crippen LogP contribution in [0.5, 0.6) is 0 Å². The number of nitrogens with one attached hydrogen (secondary N) is 1. The van der Waals surface area contributed by atoms with E-state index in [1.54, 1.807) is 6.20 Å². The van der Waals surface area contributed by atoms with Crippen LogP contribution in [-0.4, -0.2) is 46.8 Å². The van der Waals surface area contributed by atoms with Crippen LogP contribution in [0.2, 0.25) is 0 Å². The van der Waals surface area contributed by atoms with Crippen molar-refractivity contribution in [2.24, 2.45) is 5.92 Å². The van der Waals surface area contributed by atoms with Gasteiger partial charge in [0.15, 0.2) is 0 Å². The van der Waals surface area contributed by atoms with E-state index >= 15 is 0 Å². The quantitative estimate of drug-likeness (QED) is 0.833. The van der Waals surface area contributed by atoms with Crippen LogP contribution < -0.4 is 5.32 Å². The molecule has 1 aliphatic carbocycles. The number of likely N-dealkylation sites (tertiary alicyclic amines) is 1. The van der Waals surface area contributed by atoms with Gasteiger partial charge in [0.05, 0.1) is 0 Å². The molecule has 138 valence electrons. The lowest BCUT2D eigenvalue weighted by molar-refractivity contribution is -0.133. The summed E-state index contributed by atoms with van der Waals surface area (Å²) in [6, 6.07) is 12.5. The van der Waals surface area contributed by atoms with E-state index in [-0.39, 0.29) is 5.91 Å². The summed E-state index contributed by atoms with van der Waals surface area (Å²) in [6.45, 7) is 3.73. The van der Waals surface area contributed by atoms with Crippen molar-refractivity contribution in [3.63, 3.8) is 0 Å². The maximum absolute atomic E-state index is 13.0. The van der Waals surface area contributed by atoms with Gasteiger partial charge in [-0.15, -0.1) is 0 Å². The average Bonchev–Trinajstić information content (AvgIpc) is 3.36. The Labute approximate surface area is 155 Å². The van der Waals surface area contributed by atoms with Crippen molar-refractivity contribution in [1.82, 2.24) is 20.0 Å². The van der Waals surface area contributed by atoms with Crippen LogP contribution in [-0.2, 0) is 16.8 Å². The molecule has 26 heavy (non-hydrogen) atoms. The van der Waals surface area contributed by atoms with E-state index < -0.39 is 5.54 Å². The van der Waals surface area contributed by atoms with E-state index in [0.717, 1.165) is 45.4 Å². The third kappa shape index (κ3) is 3.83. The number of carbonyl (C=O) groups is 1. The van der Waals surface area contributed by atoms with Gasteiger partial charge in [-0.3, -0.25) is 9.48 Å². The minimum absolute atomic E-state index is 0.149. The molecule has 0 atom stereocenters. The first-order valence-corrected chi connectivity index (χ1v) is 9.81. The van der Waals surface area contributed by atoms with Gasteiger partial charge in [0, 0.05) is 38.6 Å². The smallest absolute Gasteiger partial charge is 0.248 e. The topological polar surface area (TPSA) is 50.2 Å². The van der Waals surface area contributed by atoms with Crippen LogP contribution in [0.1, 0.15) is 31.2 Å². The van der Waals surface area contributed by atoms with Gasteiger partial charge in [0.25, 0.3) is 0 Å². The van der Waals surface area contributed by atoms with Crippen molar-refractivity contribution >= 4 is 5.91 Å². The molecule has 1 aromatic carbocycles. The normalized spacial score (nSPS) is 20.0. The van der Waals surface area contributed by atoms with Gasteiger partial charge in [-0.25, -0.2) is 0 Å². The Balaban J connectivity index is 1.38. The summed E-state index contributed by atoms with van der Waals surface area (Å²) >= 11 is 0. The average molecular weight is 352 g/mol. The third-order valence-corrected chi connectivity index (χ3v) is 5.86. The Bertz CT molecular complexity index is 701. The molecule has 2 aromatic rings. The second kappa shape index (κ2) is 7.62. The van der Waals surface area contributed by atoms with E-state index in [9.17, 15) is 4.79 Å². The number of hydrogen-bond donors (Lipinski definition) is 1. The van der Waals surface area contributed by atoms with Gasteiger partial charge < -0.3 is 10.2 Å². The van der Waals surface area contributed by atoms with Crippen LogP contribution in [0.25, 0.3) is 0 Å². The van der Waals surface area contributed by atoms with Crippen LogP contribution in [0.15, 0.2) is 48.8 Å². The fourth-order valence-corrected chi connectivity index (χ4v) is 3.88. The molecule has 2 heterocycles. The molecule has 1 saturated heterocycles. The Hall–Kier alpha value is -2.14. The summed E-state index contributed by atoms with van der Waals surface area (Å²) in [5.74, 6) is 0.843. The molecule has 1 aliphatic heterocycles. The molecule has 2 fully saturated rings. The summed E-state index contributed by atoms with van der Waals surface area (Å²) in [5.41, 5.74) is 0.848. The number of aromatic nitrogens is 2. The molecule has 0 unspecified atom stereocenters. The Morgan fingerprint density at radius 2 is 1.92 bits per heavy atom. The predicted octanol–water partition coefficient (Wildman–Crippen LogP) is 2.44. The highest BCUT2D eigenvalue weighted by atomic mass is 16.2. The van der Waals surface area contributed by atoms with Crippen molar-refractivity contribution in [3.8, 4) is 0 Å². The van der Waals surface area contributed by atoms with Gasteiger partial charge in [-0.05, 0) is 49.7 Å². The second-order valence-corrected chi connectivity index (χ2v) is 7.71. The molecule has 4 rings (SSSR count). The number of amides is 1. The lowest BCUT2D eigenvalue weighted by Crippen LogP contribution is -2.55.